The van der Waals surface area contributed by atoms with Gasteiger partial charge in [0.15, 0.2) is 0 Å². The molecule has 0 aliphatic heterocycles. The first-order valence-electron chi connectivity index (χ1n) is 8.99. The Bertz CT molecular complexity index is 1080. The average Bonchev–Trinajstić information content (AvgIpc) is 3.23. The van der Waals surface area contributed by atoms with Gasteiger partial charge in [-0.15, -0.1) is 11.3 Å². The zero-order valence-electron chi connectivity index (χ0n) is 16.0. The summed E-state index contributed by atoms with van der Waals surface area (Å²) in [6.07, 6.45) is 0. The van der Waals surface area contributed by atoms with Gasteiger partial charge in [-0.2, -0.15) is 0 Å². The van der Waals surface area contributed by atoms with E-state index in [-0.39, 0.29) is 9.90 Å². The van der Waals surface area contributed by atoms with Crippen molar-refractivity contribution < 1.29 is 17.6 Å². The molecular weight excluding hydrogens is 411 g/mol. The van der Waals surface area contributed by atoms with Crippen LogP contribution in [0.3, 0.4) is 0 Å². The Kier molecular flexibility index (Phi) is 6.34. The number of hydrogen-bond acceptors (Lipinski definition) is 4. The topological polar surface area (TPSA) is 66.5 Å². The monoisotopic (exact) mass is 432 g/mol. The van der Waals surface area contributed by atoms with Gasteiger partial charge in [0.1, 0.15) is 16.6 Å². The minimum absolute atomic E-state index is 0.0369. The summed E-state index contributed by atoms with van der Waals surface area (Å²) in [6.45, 7) is 3.58. The van der Waals surface area contributed by atoms with Crippen LogP contribution in [0.1, 0.15) is 25.3 Å². The number of amides is 1. The van der Waals surface area contributed by atoms with Crippen LogP contribution in [0.5, 0.6) is 0 Å². The summed E-state index contributed by atoms with van der Waals surface area (Å²) in [5, 5.41) is 4.29. The summed E-state index contributed by atoms with van der Waals surface area (Å²) in [5.41, 5.74) is 1.49. The highest BCUT2D eigenvalue weighted by atomic mass is 32.2. The molecule has 1 aromatic heterocycles. The number of anilines is 2. The van der Waals surface area contributed by atoms with Gasteiger partial charge < -0.3 is 5.32 Å². The molecule has 0 unspecified atom stereocenters. The second kappa shape index (κ2) is 8.75. The number of nitrogens with one attached hydrogen (secondary N) is 1. The van der Waals surface area contributed by atoms with E-state index in [2.05, 4.69) is 19.2 Å². The van der Waals surface area contributed by atoms with E-state index in [1.54, 1.807) is 23.6 Å². The number of carbonyl (C=O) groups is 1. The number of benzene rings is 2. The molecule has 1 heterocycles. The summed E-state index contributed by atoms with van der Waals surface area (Å²) >= 11 is 1.01. The average molecular weight is 433 g/mol. The SMILES string of the molecule is CC(C)c1ccc(NC(=O)CN(c2ccccc2F)S(=O)(=O)c2cccs2)cc1. The van der Waals surface area contributed by atoms with Crippen LogP contribution in [0, 0.1) is 5.82 Å². The van der Waals surface area contributed by atoms with Crippen LogP contribution in [0.15, 0.2) is 70.3 Å². The minimum atomic E-state index is -4.09. The van der Waals surface area contributed by atoms with Gasteiger partial charge in [0, 0.05) is 5.69 Å². The van der Waals surface area contributed by atoms with Crippen molar-refractivity contribution in [3.8, 4) is 0 Å². The van der Waals surface area contributed by atoms with Crippen LogP contribution >= 0.6 is 11.3 Å². The number of hydrogen-bond donors (Lipinski definition) is 1. The fraction of sp³-hybridized carbons (Fsp3) is 0.190. The number of sulfonamides is 1. The summed E-state index contributed by atoms with van der Waals surface area (Å²) in [7, 11) is -4.09. The molecule has 0 aliphatic rings. The molecule has 1 N–H and O–H groups in total. The van der Waals surface area contributed by atoms with E-state index in [0.29, 0.717) is 11.6 Å². The Balaban J connectivity index is 1.87. The predicted octanol–water partition coefficient (Wildman–Crippen LogP) is 4.84. The molecule has 1 amide bonds. The van der Waals surface area contributed by atoms with Crippen LogP contribution < -0.4 is 9.62 Å². The smallest absolute Gasteiger partial charge is 0.274 e. The number of halogens is 1. The van der Waals surface area contributed by atoms with Crippen LogP contribution in [-0.2, 0) is 14.8 Å². The maximum atomic E-state index is 14.4. The molecule has 3 aromatic rings. The molecule has 152 valence electrons. The van der Waals surface area contributed by atoms with Crippen molar-refractivity contribution in [2.75, 3.05) is 16.2 Å². The molecule has 0 atom stereocenters. The van der Waals surface area contributed by atoms with E-state index in [0.717, 1.165) is 27.3 Å². The zero-order chi connectivity index (χ0) is 21.0. The summed E-state index contributed by atoms with van der Waals surface area (Å²) in [4.78, 5) is 12.6. The fourth-order valence-electron chi connectivity index (χ4n) is 2.75. The van der Waals surface area contributed by atoms with E-state index in [4.69, 9.17) is 0 Å². The van der Waals surface area contributed by atoms with Crippen molar-refractivity contribution in [2.24, 2.45) is 0 Å². The van der Waals surface area contributed by atoms with Gasteiger partial charge in [-0.3, -0.25) is 9.10 Å². The number of thiophene rings is 1. The van der Waals surface area contributed by atoms with E-state index in [1.807, 2.05) is 12.1 Å². The molecule has 0 spiro atoms. The first-order chi connectivity index (χ1) is 13.8. The molecule has 2 aromatic carbocycles. The summed E-state index contributed by atoms with van der Waals surface area (Å²) in [6, 6.07) is 15.8. The molecule has 29 heavy (non-hydrogen) atoms. The van der Waals surface area contributed by atoms with Crippen molar-refractivity contribution >= 4 is 38.6 Å². The van der Waals surface area contributed by atoms with Crippen molar-refractivity contribution in [1.82, 2.24) is 0 Å². The highest BCUT2D eigenvalue weighted by Gasteiger charge is 2.29. The highest BCUT2D eigenvalue weighted by Crippen LogP contribution is 2.28. The molecule has 0 fully saturated rings. The Morgan fingerprint density at radius 1 is 1.07 bits per heavy atom. The maximum absolute atomic E-state index is 14.4. The molecule has 0 saturated carbocycles. The van der Waals surface area contributed by atoms with Crippen molar-refractivity contribution in [3.05, 3.63) is 77.4 Å². The second-order valence-electron chi connectivity index (χ2n) is 6.72. The molecule has 8 heteroatoms. The number of rotatable bonds is 7. The van der Waals surface area contributed by atoms with Crippen molar-refractivity contribution in [2.45, 2.75) is 24.0 Å². The Morgan fingerprint density at radius 3 is 2.34 bits per heavy atom. The quantitative estimate of drug-likeness (QED) is 0.581. The second-order valence-corrected chi connectivity index (χ2v) is 9.76. The lowest BCUT2D eigenvalue weighted by Crippen LogP contribution is -2.38. The maximum Gasteiger partial charge on any atom is 0.274 e. The Hall–Kier alpha value is -2.71. The van der Waals surface area contributed by atoms with Gasteiger partial charge in [-0.1, -0.05) is 44.2 Å². The molecule has 3 rings (SSSR count). The third-order valence-electron chi connectivity index (χ3n) is 4.31. The molecule has 0 bridgehead atoms. The first-order valence-corrected chi connectivity index (χ1v) is 11.3. The van der Waals surface area contributed by atoms with Gasteiger partial charge in [0.2, 0.25) is 5.91 Å². The third kappa shape index (κ3) is 4.83. The molecule has 0 saturated heterocycles. The summed E-state index contributed by atoms with van der Waals surface area (Å²) in [5.74, 6) is -0.931. The third-order valence-corrected chi connectivity index (χ3v) is 7.44. The highest BCUT2D eigenvalue weighted by molar-refractivity contribution is 7.94. The van der Waals surface area contributed by atoms with E-state index in [1.165, 1.54) is 24.3 Å². The lowest BCUT2D eigenvalue weighted by molar-refractivity contribution is -0.114. The zero-order valence-corrected chi connectivity index (χ0v) is 17.6. The van der Waals surface area contributed by atoms with Gasteiger partial charge in [-0.25, -0.2) is 12.8 Å². The first kappa shape index (κ1) is 21.0. The number of carbonyl (C=O) groups excluding carboxylic acids is 1. The van der Waals surface area contributed by atoms with Crippen molar-refractivity contribution in [3.63, 3.8) is 0 Å². The number of nitrogens with zero attached hydrogens (tertiary/aromatic N) is 1. The normalized spacial score (nSPS) is 11.4. The lowest BCUT2D eigenvalue weighted by atomic mass is 10.0. The number of para-hydroxylation sites is 1. The molecule has 0 radical (unpaired) electrons. The Labute approximate surface area is 173 Å². The van der Waals surface area contributed by atoms with Gasteiger partial charge in [0.05, 0.1) is 5.69 Å². The summed E-state index contributed by atoms with van der Waals surface area (Å²) < 4.78 is 41.3. The van der Waals surface area contributed by atoms with E-state index in [9.17, 15) is 17.6 Å². The Morgan fingerprint density at radius 2 is 1.76 bits per heavy atom. The largest absolute Gasteiger partial charge is 0.325 e. The predicted molar refractivity (Wildman–Crippen MR) is 114 cm³/mol. The molecule has 0 aliphatic carbocycles. The lowest BCUT2D eigenvalue weighted by Gasteiger charge is -2.23. The van der Waals surface area contributed by atoms with E-state index >= 15 is 0 Å². The van der Waals surface area contributed by atoms with Gasteiger partial charge in [-0.05, 0) is 47.2 Å². The van der Waals surface area contributed by atoms with Crippen LogP contribution in [-0.4, -0.2) is 20.9 Å². The van der Waals surface area contributed by atoms with Gasteiger partial charge in [0.25, 0.3) is 10.0 Å². The fourth-order valence-corrected chi connectivity index (χ4v) is 5.29. The van der Waals surface area contributed by atoms with Crippen molar-refractivity contribution in [1.29, 1.82) is 0 Å². The standard InChI is InChI=1S/C21H21FN2O3S2/c1-15(2)16-9-11-17(12-10-16)23-20(25)14-24(19-7-4-3-6-18(19)22)29(26,27)21-8-5-13-28-21/h3-13,15H,14H2,1-2H3,(H,23,25). The van der Waals surface area contributed by atoms with Crippen LogP contribution in [0.25, 0.3) is 0 Å². The molecular formula is C21H21FN2O3S2. The minimum Gasteiger partial charge on any atom is -0.325 e. The van der Waals surface area contributed by atoms with Gasteiger partial charge >= 0.3 is 0 Å². The van der Waals surface area contributed by atoms with Crippen LogP contribution in [0.2, 0.25) is 0 Å². The van der Waals surface area contributed by atoms with E-state index < -0.39 is 28.3 Å². The molecule has 5 nitrogen and oxygen atoms in total. The van der Waals surface area contributed by atoms with Crippen LogP contribution in [0.4, 0.5) is 15.8 Å².